The predicted octanol–water partition coefficient (Wildman–Crippen LogP) is 0.757. The van der Waals surface area contributed by atoms with Crippen molar-refractivity contribution in [2.24, 2.45) is 0 Å². The number of benzene rings is 1. The Hall–Kier alpha value is -1.35. The van der Waals surface area contributed by atoms with Gasteiger partial charge in [0.25, 0.3) is 0 Å². The quantitative estimate of drug-likeness (QED) is 0.671. The van der Waals surface area contributed by atoms with Crippen molar-refractivity contribution in [3.63, 3.8) is 0 Å². The van der Waals surface area contributed by atoms with Crippen molar-refractivity contribution in [2.45, 2.75) is 6.61 Å². The number of carbonyl (C=O) groups excluding carboxylic acids is 1. The van der Waals surface area contributed by atoms with Gasteiger partial charge in [-0.25, -0.2) is 0 Å². The van der Waals surface area contributed by atoms with E-state index in [0.29, 0.717) is 17.6 Å². The molecule has 0 saturated carbocycles. The van der Waals surface area contributed by atoms with Crippen LogP contribution in [0.2, 0.25) is 0 Å². The molecular weight excluding hydrogens is 156 g/mol. The highest BCUT2D eigenvalue weighted by Gasteiger charge is 1.99. The van der Waals surface area contributed by atoms with Crippen molar-refractivity contribution in [1.29, 1.82) is 0 Å². The normalized spacial score (nSPS) is 9.42. The Balaban J connectivity index is 2.74. The zero-order chi connectivity index (χ0) is 8.81. The molecule has 0 amide bonds. The van der Waals surface area contributed by atoms with Crippen LogP contribution in [0, 0.1) is 0 Å². The Morgan fingerprint density at radius 2 is 2.17 bits per heavy atom. The third-order valence-corrected chi connectivity index (χ3v) is 1.45. The van der Waals surface area contributed by atoms with Crippen LogP contribution in [0.5, 0.6) is 5.75 Å². The number of carbonyl (C=O) groups is 1. The van der Waals surface area contributed by atoms with Crippen LogP contribution in [0.25, 0.3) is 0 Å². The van der Waals surface area contributed by atoms with Crippen LogP contribution in [-0.4, -0.2) is 18.0 Å². The SMILES string of the molecule is O=CCOc1ccccc1CO. The van der Waals surface area contributed by atoms with E-state index in [4.69, 9.17) is 9.84 Å². The van der Waals surface area contributed by atoms with Gasteiger partial charge in [0.05, 0.1) is 6.61 Å². The van der Waals surface area contributed by atoms with Crippen molar-refractivity contribution in [3.05, 3.63) is 29.8 Å². The summed E-state index contributed by atoms with van der Waals surface area (Å²) in [5, 5.41) is 8.85. The zero-order valence-electron chi connectivity index (χ0n) is 6.56. The molecule has 0 saturated heterocycles. The highest BCUT2D eigenvalue weighted by atomic mass is 16.5. The molecule has 1 rings (SSSR count). The minimum absolute atomic E-state index is 0.0248. The van der Waals surface area contributed by atoms with E-state index in [2.05, 4.69) is 0 Å². The van der Waals surface area contributed by atoms with Crippen LogP contribution < -0.4 is 4.74 Å². The highest BCUT2D eigenvalue weighted by molar-refractivity contribution is 5.51. The smallest absolute Gasteiger partial charge is 0.157 e. The van der Waals surface area contributed by atoms with Crippen molar-refractivity contribution < 1.29 is 14.6 Å². The molecule has 0 atom stereocenters. The summed E-state index contributed by atoms with van der Waals surface area (Å²) in [4.78, 5) is 9.99. The zero-order valence-corrected chi connectivity index (χ0v) is 6.56. The van der Waals surface area contributed by atoms with Crippen molar-refractivity contribution in [2.75, 3.05) is 6.61 Å². The summed E-state index contributed by atoms with van der Waals surface area (Å²) in [7, 11) is 0. The van der Waals surface area contributed by atoms with E-state index in [9.17, 15) is 4.79 Å². The first-order valence-electron chi connectivity index (χ1n) is 3.63. The molecule has 0 spiro atoms. The second kappa shape index (κ2) is 4.51. The van der Waals surface area contributed by atoms with Crippen LogP contribution in [0.1, 0.15) is 5.56 Å². The fourth-order valence-electron chi connectivity index (χ4n) is 0.899. The van der Waals surface area contributed by atoms with E-state index >= 15 is 0 Å². The third-order valence-electron chi connectivity index (χ3n) is 1.45. The maximum absolute atomic E-state index is 9.99. The largest absolute Gasteiger partial charge is 0.486 e. The van der Waals surface area contributed by atoms with Crippen LogP contribution in [0.4, 0.5) is 0 Å². The minimum Gasteiger partial charge on any atom is -0.486 e. The average molecular weight is 166 g/mol. The Bertz CT molecular complexity index is 258. The molecule has 0 aliphatic rings. The lowest BCUT2D eigenvalue weighted by molar-refractivity contribution is -0.109. The van der Waals surface area contributed by atoms with Gasteiger partial charge in [-0.1, -0.05) is 18.2 Å². The Morgan fingerprint density at radius 1 is 1.42 bits per heavy atom. The van der Waals surface area contributed by atoms with Crippen molar-refractivity contribution in [3.8, 4) is 5.75 Å². The summed E-state index contributed by atoms with van der Waals surface area (Å²) < 4.78 is 5.05. The number of aliphatic hydroxyl groups is 1. The summed E-state index contributed by atoms with van der Waals surface area (Å²) in [6.45, 7) is -0.0496. The number of ether oxygens (including phenoxy) is 1. The molecule has 0 fully saturated rings. The molecule has 0 aromatic heterocycles. The molecule has 0 bridgehead atoms. The van der Waals surface area contributed by atoms with Gasteiger partial charge >= 0.3 is 0 Å². The molecule has 1 aromatic rings. The molecule has 3 heteroatoms. The Kier molecular flexibility index (Phi) is 3.29. The van der Waals surface area contributed by atoms with E-state index < -0.39 is 0 Å². The van der Waals surface area contributed by atoms with Crippen molar-refractivity contribution >= 4 is 6.29 Å². The van der Waals surface area contributed by atoms with Crippen LogP contribution in [0.3, 0.4) is 0 Å². The lowest BCUT2D eigenvalue weighted by Crippen LogP contribution is -2.00. The van der Waals surface area contributed by atoms with Gasteiger partial charge < -0.3 is 9.84 Å². The molecule has 0 heterocycles. The second-order valence-electron chi connectivity index (χ2n) is 2.24. The molecular formula is C9H10O3. The summed E-state index contributed by atoms with van der Waals surface area (Å²) >= 11 is 0. The first-order chi connectivity index (χ1) is 5.88. The first-order valence-corrected chi connectivity index (χ1v) is 3.63. The maximum Gasteiger partial charge on any atom is 0.157 e. The molecule has 1 N–H and O–H groups in total. The molecule has 1 aromatic carbocycles. The fourth-order valence-corrected chi connectivity index (χ4v) is 0.899. The Morgan fingerprint density at radius 3 is 2.83 bits per heavy atom. The van der Waals surface area contributed by atoms with E-state index in [1.807, 2.05) is 0 Å². The third kappa shape index (κ3) is 2.07. The van der Waals surface area contributed by atoms with E-state index in [1.165, 1.54) is 0 Å². The monoisotopic (exact) mass is 166 g/mol. The molecule has 0 aliphatic heterocycles. The number of hydrogen-bond donors (Lipinski definition) is 1. The number of aldehydes is 1. The maximum atomic E-state index is 9.99. The second-order valence-corrected chi connectivity index (χ2v) is 2.24. The summed E-state index contributed by atoms with van der Waals surface area (Å²) in [5.74, 6) is 0.562. The van der Waals surface area contributed by atoms with Gasteiger partial charge in [-0.2, -0.15) is 0 Å². The molecule has 0 aliphatic carbocycles. The van der Waals surface area contributed by atoms with Crippen LogP contribution in [0.15, 0.2) is 24.3 Å². The van der Waals surface area contributed by atoms with Gasteiger partial charge in [0.2, 0.25) is 0 Å². The summed E-state index contributed by atoms with van der Waals surface area (Å²) in [5.41, 5.74) is 0.694. The van der Waals surface area contributed by atoms with Crippen LogP contribution >= 0.6 is 0 Å². The standard InChI is InChI=1S/C9H10O3/c10-5-6-12-9-4-2-1-3-8(9)7-11/h1-5,11H,6-7H2. The lowest BCUT2D eigenvalue weighted by Gasteiger charge is -2.05. The van der Waals surface area contributed by atoms with Crippen molar-refractivity contribution in [1.82, 2.24) is 0 Å². The molecule has 0 unspecified atom stereocenters. The lowest BCUT2D eigenvalue weighted by atomic mass is 10.2. The van der Waals surface area contributed by atoms with E-state index in [1.54, 1.807) is 24.3 Å². The highest BCUT2D eigenvalue weighted by Crippen LogP contribution is 2.16. The number of para-hydroxylation sites is 1. The first kappa shape index (κ1) is 8.74. The van der Waals surface area contributed by atoms with Gasteiger partial charge in [-0.3, -0.25) is 4.79 Å². The number of rotatable bonds is 4. The van der Waals surface area contributed by atoms with Gasteiger partial charge in [0, 0.05) is 5.56 Å². The van der Waals surface area contributed by atoms with Gasteiger partial charge in [0.15, 0.2) is 6.29 Å². The van der Waals surface area contributed by atoms with Gasteiger partial charge in [0.1, 0.15) is 12.4 Å². The van der Waals surface area contributed by atoms with E-state index in [0.717, 1.165) is 0 Å². The average Bonchev–Trinajstić information content (AvgIpc) is 2.15. The number of hydrogen-bond acceptors (Lipinski definition) is 3. The van der Waals surface area contributed by atoms with Gasteiger partial charge in [-0.15, -0.1) is 0 Å². The molecule has 0 radical (unpaired) electrons. The predicted molar refractivity (Wildman–Crippen MR) is 43.9 cm³/mol. The minimum atomic E-state index is -0.0744. The van der Waals surface area contributed by atoms with E-state index in [-0.39, 0.29) is 13.2 Å². The summed E-state index contributed by atoms with van der Waals surface area (Å²) in [6.07, 6.45) is 0.675. The fraction of sp³-hybridized carbons (Fsp3) is 0.222. The molecule has 12 heavy (non-hydrogen) atoms. The Labute approximate surface area is 70.6 Å². The van der Waals surface area contributed by atoms with Crippen LogP contribution in [-0.2, 0) is 11.4 Å². The topological polar surface area (TPSA) is 46.5 Å². The molecule has 64 valence electrons. The summed E-state index contributed by atoms with van der Waals surface area (Å²) in [6, 6.07) is 7.06. The molecule has 3 nitrogen and oxygen atoms in total. The van der Waals surface area contributed by atoms with Gasteiger partial charge in [-0.05, 0) is 6.07 Å². The number of aliphatic hydroxyl groups excluding tert-OH is 1.